The maximum Gasteiger partial charge on any atom is 0.0950 e. The van der Waals surface area contributed by atoms with Crippen LogP contribution >= 0.6 is 11.8 Å². The van der Waals surface area contributed by atoms with Crippen LogP contribution in [0.4, 0.5) is 0 Å². The Hall–Kier alpha value is -0.700. The summed E-state index contributed by atoms with van der Waals surface area (Å²) >= 11 is 1.74. The number of nitrogens with two attached hydrogens (primary N) is 1. The smallest absolute Gasteiger partial charge is 0.0950 e. The molecule has 1 aliphatic heterocycles. The highest BCUT2D eigenvalue weighted by Gasteiger charge is 2.18. The van der Waals surface area contributed by atoms with E-state index in [1.54, 1.807) is 11.8 Å². The molecule has 0 atom stereocenters. The van der Waals surface area contributed by atoms with Crippen molar-refractivity contribution in [3.63, 3.8) is 0 Å². The SMILES string of the molecule is NC1=CC=C2SCN=C12. The normalized spacial score (nSPS) is 22.9. The number of aliphatic imine (C=N–C) groups is 1. The second-order valence-electron chi connectivity index (χ2n) is 1.93. The molecule has 0 spiro atoms. The highest BCUT2D eigenvalue weighted by atomic mass is 32.2. The number of hydrogen-bond acceptors (Lipinski definition) is 3. The van der Waals surface area contributed by atoms with Crippen LogP contribution in [0, 0.1) is 0 Å². The van der Waals surface area contributed by atoms with Crippen LogP contribution < -0.4 is 5.73 Å². The number of allylic oxidation sites excluding steroid dienone is 3. The summed E-state index contributed by atoms with van der Waals surface area (Å²) < 4.78 is 0. The van der Waals surface area contributed by atoms with Crippen molar-refractivity contribution in [3.05, 3.63) is 22.8 Å². The predicted molar refractivity (Wildman–Crippen MR) is 40.2 cm³/mol. The van der Waals surface area contributed by atoms with Crippen LogP contribution in [0.25, 0.3) is 0 Å². The summed E-state index contributed by atoms with van der Waals surface area (Å²) in [5.74, 6) is 0.843. The Labute approximate surface area is 57.5 Å². The third-order valence-electron chi connectivity index (χ3n) is 1.36. The zero-order valence-electron chi connectivity index (χ0n) is 4.79. The molecule has 2 aliphatic rings. The second-order valence-corrected chi connectivity index (χ2v) is 2.92. The summed E-state index contributed by atoms with van der Waals surface area (Å²) in [6.45, 7) is 0. The fourth-order valence-corrected chi connectivity index (χ4v) is 1.73. The Kier molecular flexibility index (Phi) is 0.931. The molecule has 0 fully saturated rings. The van der Waals surface area contributed by atoms with Crippen molar-refractivity contribution in [2.24, 2.45) is 10.7 Å². The van der Waals surface area contributed by atoms with Crippen LogP contribution in [0.15, 0.2) is 27.7 Å². The van der Waals surface area contributed by atoms with Crippen LogP contribution in [0.3, 0.4) is 0 Å². The van der Waals surface area contributed by atoms with E-state index in [2.05, 4.69) is 4.99 Å². The van der Waals surface area contributed by atoms with Gasteiger partial charge in [0.25, 0.3) is 0 Å². The molecule has 1 aliphatic carbocycles. The first-order valence-corrected chi connectivity index (χ1v) is 3.72. The summed E-state index contributed by atoms with van der Waals surface area (Å²) in [6, 6.07) is 0. The average molecular weight is 138 g/mol. The third-order valence-corrected chi connectivity index (χ3v) is 2.26. The van der Waals surface area contributed by atoms with Gasteiger partial charge in [-0.1, -0.05) is 0 Å². The molecule has 0 radical (unpaired) electrons. The van der Waals surface area contributed by atoms with E-state index in [4.69, 9.17) is 5.73 Å². The van der Waals surface area contributed by atoms with Crippen molar-refractivity contribution in [1.82, 2.24) is 0 Å². The molecule has 1 heterocycles. The number of nitrogens with zero attached hydrogens (tertiary/aromatic N) is 1. The van der Waals surface area contributed by atoms with E-state index < -0.39 is 0 Å². The quantitative estimate of drug-likeness (QED) is 0.539. The lowest BCUT2D eigenvalue weighted by Gasteiger charge is -1.91. The Bertz CT molecular complexity index is 237. The van der Waals surface area contributed by atoms with Gasteiger partial charge >= 0.3 is 0 Å². The van der Waals surface area contributed by atoms with Gasteiger partial charge in [0.05, 0.1) is 17.3 Å². The first kappa shape index (κ1) is 5.11. The minimum Gasteiger partial charge on any atom is -0.397 e. The Morgan fingerprint density at radius 1 is 1.56 bits per heavy atom. The number of thioether (sulfide) groups is 1. The maximum atomic E-state index is 5.58. The number of fused-ring (bicyclic) bond motifs is 1. The first-order valence-electron chi connectivity index (χ1n) is 2.73. The third kappa shape index (κ3) is 0.612. The molecule has 0 saturated heterocycles. The van der Waals surface area contributed by atoms with Crippen LogP contribution in [-0.2, 0) is 0 Å². The van der Waals surface area contributed by atoms with E-state index in [0.29, 0.717) is 0 Å². The van der Waals surface area contributed by atoms with Crippen molar-refractivity contribution in [1.29, 1.82) is 0 Å². The molecule has 0 amide bonds. The highest BCUT2D eigenvalue weighted by molar-refractivity contribution is 8.04. The van der Waals surface area contributed by atoms with Gasteiger partial charge < -0.3 is 5.73 Å². The lowest BCUT2D eigenvalue weighted by atomic mass is 10.3. The van der Waals surface area contributed by atoms with Gasteiger partial charge in [0, 0.05) is 4.91 Å². The fourth-order valence-electron chi connectivity index (χ4n) is 0.918. The molecule has 3 heteroatoms. The van der Waals surface area contributed by atoms with Gasteiger partial charge in [0.1, 0.15) is 0 Å². The van der Waals surface area contributed by atoms with Crippen molar-refractivity contribution in [2.45, 2.75) is 0 Å². The van der Waals surface area contributed by atoms with E-state index >= 15 is 0 Å². The summed E-state index contributed by atoms with van der Waals surface area (Å²) in [4.78, 5) is 5.43. The Morgan fingerprint density at radius 3 is 3.22 bits per heavy atom. The van der Waals surface area contributed by atoms with E-state index in [1.807, 2.05) is 12.2 Å². The van der Waals surface area contributed by atoms with E-state index in [0.717, 1.165) is 17.3 Å². The zero-order chi connectivity index (χ0) is 6.27. The van der Waals surface area contributed by atoms with Crippen molar-refractivity contribution in [3.8, 4) is 0 Å². The maximum absolute atomic E-state index is 5.58. The molecular weight excluding hydrogens is 132 g/mol. The van der Waals surface area contributed by atoms with Gasteiger partial charge in [0.15, 0.2) is 0 Å². The molecule has 0 aromatic rings. The average Bonchev–Trinajstić information content (AvgIpc) is 2.35. The molecule has 0 aromatic heterocycles. The van der Waals surface area contributed by atoms with Gasteiger partial charge in [-0.3, -0.25) is 4.99 Å². The van der Waals surface area contributed by atoms with Gasteiger partial charge in [-0.15, -0.1) is 11.8 Å². The molecule has 2 N–H and O–H groups in total. The molecule has 9 heavy (non-hydrogen) atoms. The minimum atomic E-state index is 0.815. The van der Waals surface area contributed by atoms with E-state index in [-0.39, 0.29) is 0 Å². The van der Waals surface area contributed by atoms with E-state index in [1.165, 1.54) is 4.91 Å². The molecule has 0 aromatic carbocycles. The summed E-state index contributed by atoms with van der Waals surface area (Å²) in [6.07, 6.45) is 3.92. The predicted octanol–water partition coefficient (Wildman–Crippen LogP) is 0.872. The van der Waals surface area contributed by atoms with Gasteiger partial charge in [-0.05, 0) is 12.2 Å². The van der Waals surface area contributed by atoms with Crippen LogP contribution in [0.2, 0.25) is 0 Å². The number of hydrogen-bond donors (Lipinski definition) is 1. The van der Waals surface area contributed by atoms with Gasteiger partial charge in [0.2, 0.25) is 0 Å². The molecule has 0 saturated carbocycles. The van der Waals surface area contributed by atoms with Gasteiger partial charge in [-0.25, -0.2) is 0 Å². The van der Waals surface area contributed by atoms with Crippen LogP contribution in [-0.4, -0.2) is 11.6 Å². The molecule has 0 bridgehead atoms. The Morgan fingerprint density at radius 2 is 2.44 bits per heavy atom. The molecular formula is C6H6N2S. The second kappa shape index (κ2) is 1.64. The van der Waals surface area contributed by atoms with Crippen molar-refractivity contribution in [2.75, 3.05) is 5.88 Å². The van der Waals surface area contributed by atoms with Crippen LogP contribution in [0.1, 0.15) is 0 Å². The fraction of sp³-hybridized carbons (Fsp3) is 0.167. The standard InChI is InChI=1S/C6H6N2S/c7-4-1-2-5-6(4)8-3-9-5/h1-2H,3,7H2. The van der Waals surface area contributed by atoms with E-state index in [9.17, 15) is 0 Å². The Balaban J connectivity index is 2.46. The number of rotatable bonds is 0. The summed E-state index contributed by atoms with van der Waals surface area (Å²) in [7, 11) is 0. The van der Waals surface area contributed by atoms with Crippen molar-refractivity contribution < 1.29 is 0 Å². The zero-order valence-corrected chi connectivity index (χ0v) is 5.61. The molecule has 2 nitrogen and oxygen atoms in total. The monoisotopic (exact) mass is 138 g/mol. The molecule has 46 valence electrons. The summed E-state index contributed by atoms with van der Waals surface area (Å²) in [5.41, 5.74) is 7.40. The van der Waals surface area contributed by atoms with Crippen LogP contribution in [0.5, 0.6) is 0 Å². The molecule has 2 rings (SSSR count). The lowest BCUT2D eigenvalue weighted by Crippen LogP contribution is -2.05. The highest BCUT2D eigenvalue weighted by Crippen LogP contribution is 2.30. The molecule has 0 unspecified atom stereocenters. The topological polar surface area (TPSA) is 38.4 Å². The van der Waals surface area contributed by atoms with Crippen molar-refractivity contribution >= 4 is 17.5 Å². The minimum absolute atomic E-state index is 0.815. The summed E-state index contributed by atoms with van der Waals surface area (Å²) in [5, 5.41) is 0. The van der Waals surface area contributed by atoms with Gasteiger partial charge in [-0.2, -0.15) is 0 Å². The first-order chi connectivity index (χ1) is 4.38. The largest absolute Gasteiger partial charge is 0.397 e. The lowest BCUT2D eigenvalue weighted by molar-refractivity contribution is 1.37.